The van der Waals surface area contributed by atoms with E-state index in [-0.39, 0.29) is 18.9 Å². The Hall–Kier alpha value is -1.73. The zero-order chi connectivity index (χ0) is 13.8. The predicted octanol–water partition coefficient (Wildman–Crippen LogP) is -0.398. The van der Waals surface area contributed by atoms with Crippen molar-refractivity contribution in [2.75, 3.05) is 31.7 Å². The molecule has 0 spiro atoms. The lowest BCUT2D eigenvalue weighted by Crippen LogP contribution is -2.39. The van der Waals surface area contributed by atoms with Crippen molar-refractivity contribution in [1.82, 2.24) is 10.2 Å². The van der Waals surface area contributed by atoms with Crippen LogP contribution in [-0.4, -0.2) is 58.3 Å². The summed E-state index contributed by atoms with van der Waals surface area (Å²) < 4.78 is 0. The lowest BCUT2D eigenvalue weighted by atomic mass is 9.92. The molecule has 0 fully saturated rings. The van der Waals surface area contributed by atoms with Crippen molar-refractivity contribution in [1.29, 1.82) is 0 Å². The fourth-order valence-corrected chi connectivity index (χ4v) is 1.45. The number of carboxylic acid groups (broad SMARTS) is 1. The molecule has 0 unspecified atom stereocenters. The normalized spacial score (nSPS) is 11.3. The highest BCUT2D eigenvalue weighted by Gasteiger charge is 2.25. The number of carboxylic acids is 1. The molecule has 1 rings (SSSR count). The molecule has 1 aromatic rings. The van der Waals surface area contributed by atoms with E-state index in [1.165, 1.54) is 12.1 Å². The number of carbonyl (C=O) groups is 1. The van der Waals surface area contributed by atoms with Crippen molar-refractivity contribution in [2.24, 2.45) is 5.41 Å². The fraction of sp³-hybridized carbons (Fsp3) is 0.545. The average molecular weight is 255 g/mol. The minimum Gasteiger partial charge on any atom is -0.476 e. The zero-order valence-corrected chi connectivity index (χ0v) is 10.4. The van der Waals surface area contributed by atoms with Crippen LogP contribution in [0.4, 0.5) is 5.82 Å². The standard InChI is InChI=1S/C11H17N3O4/c1-11(6-15,7-16)5-14(2)9-4-3-8(10(17)18)12-13-9/h3-4,15-16H,5-7H2,1-2H3,(H,17,18). The van der Waals surface area contributed by atoms with E-state index in [9.17, 15) is 15.0 Å². The van der Waals surface area contributed by atoms with Crippen molar-refractivity contribution >= 4 is 11.8 Å². The number of hydrogen-bond donors (Lipinski definition) is 3. The molecule has 100 valence electrons. The Labute approximate surface area is 105 Å². The molecule has 0 amide bonds. The first kappa shape index (κ1) is 14.3. The maximum Gasteiger partial charge on any atom is 0.356 e. The van der Waals surface area contributed by atoms with Crippen LogP contribution in [0.5, 0.6) is 0 Å². The molecule has 0 saturated carbocycles. The Morgan fingerprint density at radius 2 is 1.94 bits per heavy atom. The first-order valence-electron chi connectivity index (χ1n) is 5.42. The maximum absolute atomic E-state index is 10.6. The van der Waals surface area contributed by atoms with E-state index < -0.39 is 11.4 Å². The number of aliphatic hydroxyl groups excluding tert-OH is 2. The second-order valence-electron chi connectivity index (χ2n) is 4.56. The second-order valence-corrected chi connectivity index (χ2v) is 4.56. The molecule has 0 aliphatic heterocycles. The average Bonchev–Trinajstić information content (AvgIpc) is 2.38. The van der Waals surface area contributed by atoms with Gasteiger partial charge < -0.3 is 20.2 Å². The van der Waals surface area contributed by atoms with E-state index in [0.717, 1.165) is 0 Å². The summed E-state index contributed by atoms with van der Waals surface area (Å²) in [7, 11) is 1.73. The molecule has 0 aromatic carbocycles. The number of aromatic nitrogens is 2. The van der Waals surface area contributed by atoms with E-state index in [0.29, 0.717) is 12.4 Å². The van der Waals surface area contributed by atoms with Crippen LogP contribution in [0.1, 0.15) is 17.4 Å². The van der Waals surface area contributed by atoms with Crippen LogP contribution in [0.2, 0.25) is 0 Å². The quantitative estimate of drug-likeness (QED) is 0.635. The van der Waals surface area contributed by atoms with Crippen LogP contribution in [0.3, 0.4) is 0 Å². The van der Waals surface area contributed by atoms with Gasteiger partial charge in [0.1, 0.15) is 0 Å². The topological polar surface area (TPSA) is 107 Å². The Morgan fingerprint density at radius 3 is 2.33 bits per heavy atom. The van der Waals surface area contributed by atoms with Crippen molar-refractivity contribution in [3.8, 4) is 0 Å². The van der Waals surface area contributed by atoms with E-state index in [1.54, 1.807) is 18.9 Å². The van der Waals surface area contributed by atoms with E-state index >= 15 is 0 Å². The lowest BCUT2D eigenvalue weighted by molar-refractivity contribution is 0.0689. The van der Waals surface area contributed by atoms with Gasteiger partial charge in [0.05, 0.1) is 13.2 Å². The molecular weight excluding hydrogens is 238 g/mol. The van der Waals surface area contributed by atoms with Crippen LogP contribution >= 0.6 is 0 Å². The van der Waals surface area contributed by atoms with E-state index in [4.69, 9.17) is 5.11 Å². The minimum absolute atomic E-state index is 0.126. The molecule has 1 aromatic heterocycles. The van der Waals surface area contributed by atoms with Crippen molar-refractivity contribution in [3.63, 3.8) is 0 Å². The SMILES string of the molecule is CN(CC(C)(CO)CO)c1ccc(C(=O)O)nn1. The third kappa shape index (κ3) is 3.38. The first-order valence-corrected chi connectivity index (χ1v) is 5.42. The number of anilines is 1. The maximum atomic E-state index is 10.6. The smallest absolute Gasteiger partial charge is 0.356 e. The summed E-state index contributed by atoms with van der Waals surface area (Å²) in [6.07, 6.45) is 0. The highest BCUT2D eigenvalue weighted by molar-refractivity contribution is 5.85. The van der Waals surface area contributed by atoms with Crippen molar-refractivity contribution in [2.45, 2.75) is 6.92 Å². The Bertz CT molecular complexity index is 403. The molecule has 1 heterocycles. The molecule has 7 nitrogen and oxygen atoms in total. The third-order valence-corrected chi connectivity index (χ3v) is 2.64. The van der Waals surface area contributed by atoms with Gasteiger partial charge in [-0.1, -0.05) is 6.92 Å². The van der Waals surface area contributed by atoms with Gasteiger partial charge in [0.15, 0.2) is 11.5 Å². The molecule has 3 N–H and O–H groups in total. The molecule has 0 aliphatic rings. The van der Waals surface area contributed by atoms with Gasteiger partial charge in [-0.2, -0.15) is 0 Å². The van der Waals surface area contributed by atoms with Gasteiger partial charge in [-0.3, -0.25) is 0 Å². The Balaban J connectivity index is 2.78. The van der Waals surface area contributed by atoms with Crippen LogP contribution in [0, 0.1) is 5.41 Å². The van der Waals surface area contributed by atoms with E-state index in [2.05, 4.69) is 10.2 Å². The number of rotatable bonds is 6. The van der Waals surface area contributed by atoms with Crippen LogP contribution < -0.4 is 4.90 Å². The first-order chi connectivity index (χ1) is 8.41. The Kier molecular flexibility index (Phi) is 4.57. The summed E-state index contributed by atoms with van der Waals surface area (Å²) in [5.41, 5.74) is -0.777. The van der Waals surface area contributed by atoms with Gasteiger partial charge in [0, 0.05) is 19.0 Å². The van der Waals surface area contributed by atoms with Gasteiger partial charge in [-0.15, -0.1) is 10.2 Å². The molecule has 0 aliphatic carbocycles. The van der Waals surface area contributed by atoms with Gasteiger partial charge in [0.2, 0.25) is 0 Å². The van der Waals surface area contributed by atoms with Crippen LogP contribution in [-0.2, 0) is 0 Å². The summed E-state index contributed by atoms with van der Waals surface area (Å²) in [6.45, 7) is 1.80. The number of hydrogen-bond acceptors (Lipinski definition) is 6. The molecule has 0 radical (unpaired) electrons. The molecular formula is C11H17N3O4. The largest absolute Gasteiger partial charge is 0.476 e. The van der Waals surface area contributed by atoms with Crippen LogP contribution in [0.15, 0.2) is 12.1 Å². The molecule has 0 saturated heterocycles. The number of aliphatic hydroxyl groups is 2. The fourth-order valence-electron chi connectivity index (χ4n) is 1.45. The number of nitrogens with zero attached hydrogens (tertiary/aromatic N) is 3. The summed E-state index contributed by atoms with van der Waals surface area (Å²) in [5.74, 6) is -0.652. The Morgan fingerprint density at radius 1 is 1.33 bits per heavy atom. The third-order valence-electron chi connectivity index (χ3n) is 2.64. The lowest BCUT2D eigenvalue weighted by Gasteiger charge is -2.30. The predicted molar refractivity (Wildman–Crippen MR) is 64.5 cm³/mol. The summed E-state index contributed by atoms with van der Waals surface area (Å²) in [4.78, 5) is 12.3. The molecule has 0 bridgehead atoms. The zero-order valence-electron chi connectivity index (χ0n) is 10.4. The van der Waals surface area contributed by atoms with E-state index in [1.807, 2.05) is 0 Å². The second kappa shape index (κ2) is 5.74. The summed E-state index contributed by atoms with van der Waals surface area (Å²) in [6, 6.07) is 2.89. The summed E-state index contributed by atoms with van der Waals surface area (Å²) >= 11 is 0. The highest BCUT2D eigenvalue weighted by atomic mass is 16.4. The number of aromatic carboxylic acids is 1. The van der Waals surface area contributed by atoms with Gasteiger partial charge in [-0.25, -0.2) is 4.79 Å². The van der Waals surface area contributed by atoms with Gasteiger partial charge in [0.25, 0.3) is 0 Å². The monoisotopic (exact) mass is 255 g/mol. The molecule has 0 atom stereocenters. The molecule has 18 heavy (non-hydrogen) atoms. The van der Waals surface area contributed by atoms with Crippen molar-refractivity contribution in [3.05, 3.63) is 17.8 Å². The van der Waals surface area contributed by atoms with Gasteiger partial charge in [-0.05, 0) is 12.1 Å². The summed E-state index contributed by atoms with van der Waals surface area (Å²) in [5, 5.41) is 34.4. The highest BCUT2D eigenvalue weighted by Crippen LogP contribution is 2.18. The van der Waals surface area contributed by atoms with Crippen molar-refractivity contribution < 1.29 is 20.1 Å². The molecule has 7 heteroatoms. The van der Waals surface area contributed by atoms with Gasteiger partial charge >= 0.3 is 5.97 Å². The minimum atomic E-state index is -1.13. The van der Waals surface area contributed by atoms with Crippen LogP contribution in [0.25, 0.3) is 0 Å².